The average Bonchev–Trinajstić information content (AvgIpc) is 3.83. The van der Waals surface area contributed by atoms with Gasteiger partial charge in [-0.05, 0) is 43.7 Å². The van der Waals surface area contributed by atoms with Gasteiger partial charge in [-0.1, -0.05) is 47.7 Å². The van der Waals surface area contributed by atoms with Crippen LogP contribution in [0.2, 0.25) is 0 Å². The van der Waals surface area contributed by atoms with Crippen LogP contribution in [0.5, 0.6) is 0 Å². The number of aryl methyl sites for hydroxylation is 1. The summed E-state index contributed by atoms with van der Waals surface area (Å²) >= 11 is 1.18. The maximum atomic E-state index is 13.3. The summed E-state index contributed by atoms with van der Waals surface area (Å²) in [6.45, 7) is 3.13. The van der Waals surface area contributed by atoms with Gasteiger partial charge in [0.05, 0.1) is 22.7 Å². The van der Waals surface area contributed by atoms with Gasteiger partial charge in [-0.15, -0.1) is 0 Å². The Morgan fingerprint density at radius 2 is 1.58 bits per heavy atom. The van der Waals surface area contributed by atoms with Crippen LogP contribution in [-0.4, -0.2) is 84.1 Å². The third-order valence-corrected chi connectivity index (χ3v) is 8.68. The molecule has 5 aromatic rings. The molecule has 4 amide bonds. The predicted octanol–water partition coefficient (Wildman–Crippen LogP) is 2.47. The maximum Gasteiger partial charge on any atom is 0.326 e. The number of fused-ring (bicyclic) bond motifs is 1. The van der Waals surface area contributed by atoms with E-state index in [1.165, 1.54) is 24.3 Å². The van der Waals surface area contributed by atoms with Crippen LogP contribution >= 0.6 is 11.3 Å². The van der Waals surface area contributed by atoms with Gasteiger partial charge in [0.1, 0.15) is 18.1 Å². The van der Waals surface area contributed by atoms with E-state index in [0.717, 1.165) is 10.9 Å². The molecule has 3 aromatic heterocycles. The molecule has 3 heterocycles. The lowest BCUT2D eigenvalue weighted by Gasteiger charge is -2.22. The summed E-state index contributed by atoms with van der Waals surface area (Å²) in [5, 5.41) is 36.5. The monoisotopic (exact) mass is 700 g/mol. The van der Waals surface area contributed by atoms with Gasteiger partial charge < -0.3 is 31.1 Å². The molecule has 0 aliphatic heterocycles. The Labute approximate surface area is 287 Å². The highest BCUT2D eigenvalue weighted by Crippen LogP contribution is 2.32. The highest BCUT2D eigenvalue weighted by atomic mass is 32.1. The van der Waals surface area contributed by atoms with Crippen LogP contribution in [-0.2, 0) is 25.6 Å². The number of nitrogens with one attached hydrogen (secondary N) is 6. The van der Waals surface area contributed by atoms with Gasteiger partial charge in [0, 0.05) is 29.1 Å². The van der Waals surface area contributed by atoms with Crippen LogP contribution < -0.4 is 21.3 Å². The SMILES string of the molecule is Cc1nc(NC(=O)c2ccccc2)sc1-c1cc(C(=O)N[C@@H](C)C(=O)N[C@@H](Cc2c[nH]c3ccccc23)C(=O)N[C@H](CC(=O)O)C(=O)O)n[nH]1. The second-order valence-corrected chi connectivity index (χ2v) is 12.2. The Balaban J connectivity index is 1.26. The standard InChI is InChI=1S/C33H32N8O8S/c1-16-27(50-33(36-16)39-29(45)18-8-4-3-5-9-18)22-13-24(41-40-22)31(47)35-17(2)28(44)37-23(30(46)38-25(32(48)49)14-26(42)43)12-19-15-34-21-11-7-6-10-20(19)21/h3-11,13,15,17,23,25,34H,12,14H2,1-2H3,(H,35,47)(H,37,44)(H,38,46)(H,40,41)(H,42,43)(H,48,49)(H,36,39,45)/t17-,23-,25+/m0/s1. The second-order valence-electron chi connectivity index (χ2n) is 11.2. The fourth-order valence-corrected chi connectivity index (χ4v) is 5.95. The lowest BCUT2D eigenvalue weighted by molar-refractivity contribution is -0.147. The van der Waals surface area contributed by atoms with E-state index >= 15 is 0 Å². The molecule has 17 heteroatoms. The smallest absolute Gasteiger partial charge is 0.326 e. The molecule has 0 radical (unpaired) electrons. The molecule has 0 unspecified atom stereocenters. The van der Waals surface area contributed by atoms with Crippen molar-refractivity contribution in [3.63, 3.8) is 0 Å². The number of carboxylic acid groups (broad SMARTS) is 2. The molecule has 8 N–H and O–H groups in total. The van der Waals surface area contributed by atoms with Gasteiger partial charge in [0.2, 0.25) is 11.8 Å². The molecule has 3 atom stereocenters. The Morgan fingerprint density at radius 3 is 2.30 bits per heavy atom. The minimum atomic E-state index is -1.74. The molecule has 0 aliphatic rings. The molecular formula is C33H32N8O8S. The lowest BCUT2D eigenvalue weighted by atomic mass is 10.0. The number of nitrogens with zero attached hydrogens (tertiary/aromatic N) is 2. The van der Waals surface area contributed by atoms with Gasteiger partial charge in [0.25, 0.3) is 11.8 Å². The van der Waals surface area contributed by atoms with Crippen molar-refractivity contribution in [3.8, 4) is 10.6 Å². The summed E-state index contributed by atoms with van der Waals surface area (Å²) in [5.41, 5.74) is 2.85. The Bertz CT molecular complexity index is 2070. The number of benzene rings is 2. The first-order valence-corrected chi connectivity index (χ1v) is 16.0. The van der Waals surface area contributed by atoms with Crippen LogP contribution in [0.25, 0.3) is 21.5 Å². The molecule has 0 saturated carbocycles. The number of carboxylic acids is 2. The van der Waals surface area contributed by atoms with Crippen LogP contribution in [0, 0.1) is 6.92 Å². The minimum absolute atomic E-state index is 0.0478. The Morgan fingerprint density at radius 1 is 0.880 bits per heavy atom. The lowest BCUT2D eigenvalue weighted by Crippen LogP contribution is -2.56. The van der Waals surface area contributed by atoms with Crippen LogP contribution in [0.15, 0.2) is 66.9 Å². The zero-order valence-corrected chi connectivity index (χ0v) is 27.5. The van der Waals surface area contributed by atoms with Gasteiger partial charge in [-0.25, -0.2) is 9.78 Å². The van der Waals surface area contributed by atoms with Crippen LogP contribution in [0.4, 0.5) is 5.13 Å². The number of amides is 4. The summed E-state index contributed by atoms with van der Waals surface area (Å²) < 4.78 is 0. The molecule has 2 aromatic carbocycles. The summed E-state index contributed by atoms with van der Waals surface area (Å²) in [6.07, 6.45) is 0.693. The zero-order valence-electron chi connectivity index (χ0n) is 26.6. The molecule has 0 bridgehead atoms. The molecule has 258 valence electrons. The predicted molar refractivity (Wildman–Crippen MR) is 182 cm³/mol. The number of aromatic amines is 2. The molecule has 0 spiro atoms. The molecule has 16 nitrogen and oxygen atoms in total. The highest BCUT2D eigenvalue weighted by molar-refractivity contribution is 7.19. The minimum Gasteiger partial charge on any atom is -0.481 e. The number of carbonyl (C=O) groups is 6. The van der Waals surface area contributed by atoms with Crippen molar-refractivity contribution in [2.75, 3.05) is 5.32 Å². The van der Waals surface area contributed by atoms with E-state index in [9.17, 15) is 33.9 Å². The molecular weight excluding hydrogens is 668 g/mol. The fraction of sp³-hybridized carbons (Fsp3) is 0.212. The molecule has 50 heavy (non-hydrogen) atoms. The van der Waals surface area contributed by atoms with Gasteiger partial charge in [-0.3, -0.25) is 34.4 Å². The van der Waals surface area contributed by atoms with Crippen molar-refractivity contribution >= 4 is 62.9 Å². The largest absolute Gasteiger partial charge is 0.481 e. The number of hydrogen-bond acceptors (Lipinski definition) is 9. The van der Waals surface area contributed by atoms with E-state index < -0.39 is 54.2 Å². The zero-order chi connectivity index (χ0) is 35.9. The molecule has 0 saturated heterocycles. The van der Waals surface area contributed by atoms with Crippen molar-refractivity contribution in [1.29, 1.82) is 0 Å². The molecule has 0 aliphatic carbocycles. The third kappa shape index (κ3) is 8.37. The fourth-order valence-electron chi connectivity index (χ4n) is 5.02. The van der Waals surface area contributed by atoms with E-state index in [1.807, 2.05) is 12.1 Å². The quantitative estimate of drug-likeness (QED) is 0.0840. The molecule has 5 rings (SSSR count). The summed E-state index contributed by atoms with van der Waals surface area (Å²) in [7, 11) is 0. The molecule has 0 fully saturated rings. The Kier molecular flexibility index (Phi) is 10.7. The van der Waals surface area contributed by atoms with Crippen LogP contribution in [0.3, 0.4) is 0 Å². The third-order valence-electron chi connectivity index (χ3n) is 7.57. The van der Waals surface area contributed by atoms with E-state index in [1.54, 1.807) is 55.6 Å². The summed E-state index contributed by atoms with van der Waals surface area (Å²) in [5.74, 6) is -5.72. The van der Waals surface area contributed by atoms with Crippen molar-refractivity contribution in [3.05, 3.63) is 89.4 Å². The van der Waals surface area contributed by atoms with E-state index in [2.05, 4.69) is 41.4 Å². The second kappa shape index (κ2) is 15.2. The summed E-state index contributed by atoms with van der Waals surface area (Å²) in [6, 6.07) is 13.1. The number of aliphatic carboxylic acids is 2. The number of para-hydroxylation sites is 1. The van der Waals surface area contributed by atoms with Gasteiger partial charge >= 0.3 is 11.9 Å². The number of H-pyrrole nitrogens is 2. The number of rotatable bonds is 14. The van der Waals surface area contributed by atoms with E-state index in [-0.39, 0.29) is 18.0 Å². The van der Waals surface area contributed by atoms with E-state index in [0.29, 0.717) is 32.5 Å². The van der Waals surface area contributed by atoms with Gasteiger partial charge in [-0.2, -0.15) is 5.10 Å². The van der Waals surface area contributed by atoms with Crippen molar-refractivity contribution in [2.45, 2.75) is 44.8 Å². The first kappa shape index (κ1) is 35.0. The number of aromatic nitrogens is 4. The van der Waals surface area contributed by atoms with Crippen LogP contribution in [0.1, 0.15) is 45.4 Å². The first-order valence-electron chi connectivity index (χ1n) is 15.2. The van der Waals surface area contributed by atoms with Crippen molar-refractivity contribution < 1.29 is 39.0 Å². The van der Waals surface area contributed by atoms with Crippen molar-refractivity contribution in [2.24, 2.45) is 0 Å². The number of anilines is 1. The maximum absolute atomic E-state index is 13.3. The normalized spacial score (nSPS) is 12.8. The Hall–Kier alpha value is -6.36. The van der Waals surface area contributed by atoms with E-state index in [4.69, 9.17) is 5.11 Å². The topological polar surface area (TPSA) is 248 Å². The first-order chi connectivity index (χ1) is 23.9. The number of hydrogen-bond donors (Lipinski definition) is 8. The number of carbonyl (C=O) groups excluding carboxylic acids is 4. The van der Waals surface area contributed by atoms with Gasteiger partial charge in [0.15, 0.2) is 10.8 Å². The highest BCUT2D eigenvalue weighted by Gasteiger charge is 2.30. The van der Waals surface area contributed by atoms with Crippen molar-refractivity contribution in [1.82, 2.24) is 36.1 Å². The number of thiazole rings is 1. The average molecular weight is 701 g/mol. The summed E-state index contributed by atoms with van der Waals surface area (Å²) in [4.78, 5) is 83.1.